The highest BCUT2D eigenvalue weighted by atomic mass is 16.3. The Kier molecular flexibility index (Phi) is 9.09. The van der Waals surface area contributed by atoms with Crippen molar-refractivity contribution in [3.05, 3.63) is 0 Å². The molecule has 0 radical (unpaired) electrons. The monoisotopic (exact) mass is 244 g/mol. The van der Waals surface area contributed by atoms with Crippen molar-refractivity contribution in [3.63, 3.8) is 0 Å². The van der Waals surface area contributed by atoms with Gasteiger partial charge in [-0.25, -0.2) is 0 Å². The predicted octanol–water partition coefficient (Wildman–Crippen LogP) is 1.29. The number of carbonyl (C=O) groups is 1. The van der Waals surface area contributed by atoms with E-state index in [0.717, 1.165) is 25.8 Å². The van der Waals surface area contributed by atoms with E-state index in [1.165, 1.54) is 0 Å². The van der Waals surface area contributed by atoms with Crippen molar-refractivity contribution >= 4 is 5.91 Å². The Morgan fingerprint density at radius 2 is 1.88 bits per heavy atom. The Balaban J connectivity index is 3.90. The van der Waals surface area contributed by atoms with Crippen LogP contribution in [0.1, 0.15) is 47.0 Å². The summed E-state index contributed by atoms with van der Waals surface area (Å²) in [7, 11) is 0. The molecule has 0 aromatic carbocycles. The standard InChI is InChI=1S/C13H28N2O2/c1-5-10(3)15-13(17)11(4)14-9-12(6-2)7-8-16/h10-12,14,16H,5-9H2,1-4H3,(H,15,17). The van der Waals surface area contributed by atoms with Gasteiger partial charge in [0.1, 0.15) is 0 Å². The van der Waals surface area contributed by atoms with Crippen molar-refractivity contribution in [1.29, 1.82) is 0 Å². The first kappa shape index (κ1) is 16.4. The maximum atomic E-state index is 11.7. The molecule has 0 heterocycles. The number of aliphatic hydroxyl groups excluding tert-OH is 1. The third-order valence-corrected chi connectivity index (χ3v) is 3.22. The number of hydrogen-bond donors (Lipinski definition) is 3. The molecule has 0 saturated heterocycles. The van der Waals surface area contributed by atoms with Crippen LogP contribution in [0.2, 0.25) is 0 Å². The van der Waals surface area contributed by atoms with Gasteiger partial charge in [-0.3, -0.25) is 4.79 Å². The average molecular weight is 244 g/mol. The fourth-order valence-corrected chi connectivity index (χ4v) is 1.54. The second-order valence-corrected chi connectivity index (χ2v) is 4.73. The van der Waals surface area contributed by atoms with Gasteiger partial charge < -0.3 is 15.7 Å². The zero-order valence-corrected chi connectivity index (χ0v) is 11.6. The smallest absolute Gasteiger partial charge is 0.237 e. The van der Waals surface area contributed by atoms with E-state index in [-0.39, 0.29) is 24.6 Å². The second-order valence-electron chi connectivity index (χ2n) is 4.73. The number of carbonyl (C=O) groups excluding carboxylic acids is 1. The van der Waals surface area contributed by atoms with Crippen LogP contribution in [0.4, 0.5) is 0 Å². The molecule has 0 aliphatic carbocycles. The summed E-state index contributed by atoms with van der Waals surface area (Å²) < 4.78 is 0. The zero-order valence-electron chi connectivity index (χ0n) is 11.6. The molecule has 0 aliphatic heterocycles. The molecule has 3 atom stereocenters. The van der Waals surface area contributed by atoms with Crippen molar-refractivity contribution in [2.75, 3.05) is 13.2 Å². The number of amides is 1. The van der Waals surface area contributed by atoms with Gasteiger partial charge in [-0.15, -0.1) is 0 Å². The first-order valence-electron chi connectivity index (χ1n) is 6.69. The van der Waals surface area contributed by atoms with Crippen LogP contribution in [0.25, 0.3) is 0 Å². The number of hydrogen-bond acceptors (Lipinski definition) is 3. The molecule has 3 unspecified atom stereocenters. The normalized spacial score (nSPS) is 16.3. The second kappa shape index (κ2) is 9.42. The van der Waals surface area contributed by atoms with Gasteiger partial charge >= 0.3 is 0 Å². The summed E-state index contributed by atoms with van der Waals surface area (Å²) in [5.41, 5.74) is 0. The van der Waals surface area contributed by atoms with Gasteiger partial charge in [0.2, 0.25) is 5.91 Å². The fraction of sp³-hybridized carbons (Fsp3) is 0.923. The molecule has 0 spiro atoms. The summed E-state index contributed by atoms with van der Waals surface area (Å²) in [4.78, 5) is 11.7. The molecule has 4 heteroatoms. The number of aliphatic hydroxyl groups is 1. The lowest BCUT2D eigenvalue weighted by molar-refractivity contribution is -0.123. The Morgan fingerprint density at radius 3 is 2.35 bits per heavy atom. The molecule has 102 valence electrons. The molecule has 0 bridgehead atoms. The Bertz CT molecular complexity index is 210. The highest BCUT2D eigenvalue weighted by molar-refractivity contribution is 5.81. The van der Waals surface area contributed by atoms with E-state index in [1.807, 2.05) is 13.8 Å². The predicted molar refractivity (Wildman–Crippen MR) is 70.8 cm³/mol. The number of rotatable bonds is 9. The third-order valence-electron chi connectivity index (χ3n) is 3.22. The van der Waals surface area contributed by atoms with Gasteiger partial charge in [0.05, 0.1) is 6.04 Å². The van der Waals surface area contributed by atoms with Crippen molar-refractivity contribution in [2.45, 2.75) is 59.0 Å². The van der Waals surface area contributed by atoms with Gasteiger partial charge in [-0.1, -0.05) is 20.3 Å². The molecule has 0 aromatic rings. The minimum atomic E-state index is -0.170. The Labute approximate surface area is 105 Å². The lowest BCUT2D eigenvalue weighted by Gasteiger charge is -2.20. The largest absolute Gasteiger partial charge is 0.396 e. The molecule has 0 saturated carbocycles. The Morgan fingerprint density at radius 1 is 1.24 bits per heavy atom. The van der Waals surface area contributed by atoms with Crippen molar-refractivity contribution < 1.29 is 9.90 Å². The maximum absolute atomic E-state index is 11.7. The highest BCUT2D eigenvalue weighted by Gasteiger charge is 2.15. The van der Waals surface area contributed by atoms with Crippen molar-refractivity contribution in [2.24, 2.45) is 5.92 Å². The summed E-state index contributed by atoms with van der Waals surface area (Å²) in [6.07, 6.45) is 2.76. The number of nitrogens with one attached hydrogen (secondary N) is 2. The molecular weight excluding hydrogens is 216 g/mol. The van der Waals surface area contributed by atoms with Crippen LogP contribution in [0.3, 0.4) is 0 Å². The summed E-state index contributed by atoms with van der Waals surface area (Å²) in [6.45, 7) is 9.04. The minimum Gasteiger partial charge on any atom is -0.396 e. The van der Waals surface area contributed by atoms with Crippen LogP contribution in [-0.2, 0) is 4.79 Å². The van der Waals surface area contributed by atoms with Crippen LogP contribution in [0.5, 0.6) is 0 Å². The first-order valence-corrected chi connectivity index (χ1v) is 6.69. The quantitative estimate of drug-likeness (QED) is 0.573. The summed E-state index contributed by atoms with van der Waals surface area (Å²) >= 11 is 0. The Hall–Kier alpha value is -0.610. The van der Waals surface area contributed by atoms with Crippen LogP contribution in [0, 0.1) is 5.92 Å². The van der Waals surface area contributed by atoms with Gasteiger partial charge in [-0.2, -0.15) is 0 Å². The molecule has 0 aromatic heterocycles. The topological polar surface area (TPSA) is 61.4 Å². The fourth-order valence-electron chi connectivity index (χ4n) is 1.54. The lowest BCUT2D eigenvalue weighted by Crippen LogP contribution is -2.46. The van der Waals surface area contributed by atoms with E-state index in [2.05, 4.69) is 24.5 Å². The lowest BCUT2D eigenvalue weighted by atomic mass is 10.0. The van der Waals surface area contributed by atoms with Crippen molar-refractivity contribution in [1.82, 2.24) is 10.6 Å². The van der Waals surface area contributed by atoms with E-state index in [0.29, 0.717) is 5.92 Å². The molecular formula is C13H28N2O2. The maximum Gasteiger partial charge on any atom is 0.237 e. The van der Waals surface area contributed by atoms with Crippen molar-refractivity contribution in [3.8, 4) is 0 Å². The van der Waals surface area contributed by atoms with Gasteiger partial charge in [-0.05, 0) is 39.2 Å². The first-order chi connectivity index (χ1) is 8.04. The van der Waals surface area contributed by atoms with Crippen LogP contribution in [0.15, 0.2) is 0 Å². The third kappa shape index (κ3) is 7.34. The van der Waals surface area contributed by atoms with E-state index < -0.39 is 0 Å². The SMILES string of the molecule is CCC(CCO)CNC(C)C(=O)NC(C)CC. The van der Waals surface area contributed by atoms with E-state index >= 15 is 0 Å². The van der Waals surface area contributed by atoms with E-state index in [1.54, 1.807) is 0 Å². The molecule has 0 aliphatic rings. The van der Waals surface area contributed by atoms with E-state index in [9.17, 15) is 4.79 Å². The highest BCUT2D eigenvalue weighted by Crippen LogP contribution is 2.06. The minimum absolute atomic E-state index is 0.0539. The summed E-state index contributed by atoms with van der Waals surface area (Å²) in [5.74, 6) is 0.497. The molecule has 4 nitrogen and oxygen atoms in total. The van der Waals surface area contributed by atoms with Gasteiger partial charge in [0.25, 0.3) is 0 Å². The van der Waals surface area contributed by atoms with Crippen LogP contribution in [-0.4, -0.2) is 36.2 Å². The molecule has 1 amide bonds. The van der Waals surface area contributed by atoms with Gasteiger partial charge in [0, 0.05) is 12.6 Å². The summed E-state index contributed by atoms with van der Waals surface area (Å²) in [5, 5.41) is 15.1. The molecule has 3 N–H and O–H groups in total. The molecule has 0 fully saturated rings. The van der Waals surface area contributed by atoms with E-state index in [4.69, 9.17) is 5.11 Å². The average Bonchev–Trinajstić information content (AvgIpc) is 2.33. The van der Waals surface area contributed by atoms with Crippen LogP contribution >= 0.6 is 0 Å². The summed E-state index contributed by atoms with van der Waals surface area (Å²) in [6, 6.07) is 0.0582. The molecule has 0 rings (SSSR count). The van der Waals surface area contributed by atoms with Gasteiger partial charge in [0.15, 0.2) is 0 Å². The molecule has 17 heavy (non-hydrogen) atoms. The van der Waals surface area contributed by atoms with Crippen LogP contribution < -0.4 is 10.6 Å². The zero-order chi connectivity index (χ0) is 13.3.